The van der Waals surface area contributed by atoms with Crippen LogP contribution in [-0.4, -0.2) is 36.6 Å². The standard InChI is InChI=1S/C13H24N2O3/c1-10(2)9-15-11(16)7-13(8-12(17)18)3-5-14-6-4-13/h10,14H,3-9H2,1-2H3,(H,15,16)(H,17,18). The van der Waals surface area contributed by atoms with Gasteiger partial charge in [-0.2, -0.15) is 0 Å². The molecule has 0 aromatic carbocycles. The Hall–Kier alpha value is -1.10. The normalized spacial score (nSPS) is 18.6. The molecular weight excluding hydrogens is 232 g/mol. The van der Waals surface area contributed by atoms with Gasteiger partial charge in [0.05, 0.1) is 6.42 Å². The van der Waals surface area contributed by atoms with Gasteiger partial charge in [0.2, 0.25) is 5.91 Å². The molecule has 1 amide bonds. The predicted molar refractivity (Wildman–Crippen MR) is 69.3 cm³/mol. The van der Waals surface area contributed by atoms with Crippen molar-refractivity contribution in [2.24, 2.45) is 11.3 Å². The molecule has 18 heavy (non-hydrogen) atoms. The topological polar surface area (TPSA) is 78.4 Å². The van der Waals surface area contributed by atoms with Crippen molar-refractivity contribution in [1.29, 1.82) is 0 Å². The third-order valence-electron chi connectivity index (χ3n) is 3.43. The second-order valence-corrected chi connectivity index (χ2v) is 5.70. The maximum atomic E-state index is 11.9. The summed E-state index contributed by atoms with van der Waals surface area (Å²) in [6.45, 7) is 6.32. The number of hydrogen-bond acceptors (Lipinski definition) is 3. The van der Waals surface area contributed by atoms with Crippen LogP contribution in [0.1, 0.15) is 39.5 Å². The van der Waals surface area contributed by atoms with E-state index in [9.17, 15) is 9.59 Å². The van der Waals surface area contributed by atoms with E-state index < -0.39 is 5.97 Å². The lowest BCUT2D eigenvalue weighted by Gasteiger charge is -2.36. The Kier molecular flexibility index (Phi) is 5.59. The highest BCUT2D eigenvalue weighted by molar-refractivity contribution is 5.78. The van der Waals surface area contributed by atoms with Gasteiger partial charge in [-0.1, -0.05) is 13.8 Å². The van der Waals surface area contributed by atoms with Gasteiger partial charge in [-0.15, -0.1) is 0 Å². The van der Waals surface area contributed by atoms with Gasteiger partial charge < -0.3 is 15.7 Å². The van der Waals surface area contributed by atoms with E-state index in [2.05, 4.69) is 10.6 Å². The van der Waals surface area contributed by atoms with Crippen molar-refractivity contribution in [2.45, 2.75) is 39.5 Å². The van der Waals surface area contributed by atoms with Crippen LogP contribution in [0.4, 0.5) is 0 Å². The molecule has 1 rings (SSSR count). The Morgan fingerprint density at radius 3 is 2.39 bits per heavy atom. The number of amides is 1. The number of carboxylic acids is 1. The Bertz CT molecular complexity index is 297. The molecule has 0 atom stereocenters. The van der Waals surface area contributed by atoms with Crippen LogP contribution in [-0.2, 0) is 9.59 Å². The van der Waals surface area contributed by atoms with Crippen LogP contribution in [0.15, 0.2) is 0 Å². The molecule has 1 fully saturated rings. The summed E-state index contributed by atoms with van der Waals surface area (Å²) in [6.07, 6.45) is 1.93. The van der Waals surface area contributed by atoms with Gasteiger partial charge in [0.15, 0.2) is 0 Å². The van der Waals surface area contributed by atoms with E-state index in [0.717, 1.165) is 25.9 Å². The van der Waals surface area contributed by atoms with Crippen molar-refractivity contribution in [2.75, 3.05) is 19.6 Å². The van der Waals surface area contributed by atoms with E-state index in [-0.39, 0.29) is 17.7 Å². The number of piperidine rings is 1. The fraction of sp³-hybridized carbons (Fsp3) is 0.846. The van der Waals surface area contributed by atoms with Gasteiger partial charge in [0.1, 0.15) is 0 Å². The first kappa shape index (κ1) is 15.0. The summed E-state index contributed by atoms with van der Waals surface area (Å²) >= 11 is 0. The van der Waals surface area contributed by atoms with E-state index in [1.54, 1.807) is 0 Å². The minimum atomic E-state index is -0.812. The van der Waals surface area contributed by atoms with Crippen LogP contribution >= 0.6 is 0 Å². The van der Waals surface area contributed by atoms with E-state index in [0.29, 0.717) is 18.9 Å². The molecule has 0 aromatic rings. The first-order valence-corrected chi connectivity index (χ1v) is 6.63. The molecule has 5 nitrogen and oxygen atoms in total. The second-order valence-electron chi connectivity index (χ2n) is 5.70. The lowest BCUT2D eigenvalue weighted by Crippen LogP contribution is -2.42. The summed E-state index contributed by atoms with van der Waals surface area (Å²) in [4.78, 5) is 22.8. The third kappa shape index (κ3) is 5.04. The molecule has 0 bridgehead atoms. The first-order valence-electron chi connectivity index (χ1n) is 6.63. The summed E-state index contributed by atoms with van der Waals surface area (Å²) in [6, 6.07) is 0. The molecule has 3 N–H and O–H groups in total. The smallest absolute Gasteiger partial charge is 0.303 e. The molecular formula is C13H24N2O3. The van der Waals surface area contributed by atoms with Crippen LogP contribution in [0.25, 0.3) is 0 Å². The summed E-state index contributed by atoms with van der Waals surface area (Å²) in [7, 11) is 0. The Morgan fingerprint density at radius 2 is 1.89 bits per heavy atom. The van der Waals surface area contributed by atoms with E-state index in [1.807, 2.05) is 13.8 Å². The van der Waals surface area contributed by atoms with Crippen molar-refractivity contribution in [3.8, 4) is 0 Å². The fourth-order valence-electron chi connectivity index (χ4n) is 2.42. The predicted octanol–water partition coefficient (Wildman–Crippen LogP) is 0.993. The zero-order valence-electron chi connectivity index (χ0n) is 11.3. The zero-order chi connectivity index (χ0) is 13.6. The molecule has 5 heteroatoms. The van der Waals surface area contributed by atoms with Crippen molar-refractivity contribution in [1.82, 2.24) is 10.6 Å². The molecule has 1 aliphatic heterocycles. The summed E-state index contributed by atoms with van der Waals surface area (Å²) in [5.74, 6) is -0.419. The van der Waals surface area contributed by atoms with Crippen molar-refractivity contribution >= 4 is 11.9 Å². The monoisotopic (exact) mass is 256 g/mol. The number of aliphatic carboxylic acids is 1. The molecule has 104 valence electrons. The van der Waals surface area contributed by atoms with Crippen LogP contribution in [0.3, 0.4) is 0 Å². The lowest BCUT2D eigenvalue weighted by molar-refractivity contribution is -0.141. The molecule has 0 aromatic heterocycles. The lowest BCUT2D eigenvalue weighted by atomic mass is 9.73. The molecule has 0 saturated carbocycles. The minimum absolute atomic E-state index is 0.0214. The van der Waals surface area contributed by atoms with E-state index in [4.69, 9.17) is 5.11 Å². The molecule has 1 heterocycles. The van der Waals surface area contributed by atoms with E-state index in [1.165, 1.54) is 0 Å². The average molecular weight is 256 g/mol. The number of carbonyl (C=O) groups is 2. The molecule has 0 radical (unpaired) electrons. The maximum absolute atomic E-state index is 11.9. The Balaban J connectivity index is 2.55. The van der Waals surface area contributed by atoms with Gasteiger partial charge in [-0.3, -0.25) is 9.59 Å². The summed E-state index contributed by atoms with van der Waals surface area (Å²) < 4.78 is 0. The first-order chi connectivity index (χ1) is 8.43. The molecule has 1 saturated heterocycles. The van der Waals surface area contributed by atoms with Crippen molar-refractivity contribution in [3.05, 3.63) is 0 Å². The third-order valence-corrected chi connectivity index (χ3v) is 3.43. The van der Waals surface area contributed by atoms with E-state index >= 15 is 0 Å². The molecule has 0 aliphatic carbocycles. The van der Waals surface area contributed by atoms with Gasteiger partial charge in [-0.25, -0.2) is 0 Å². The summed E-state index contributed by atoms with van der Waals surface area (Å²) in [5, 5.41) is 15.1. The largest absolute Gasteiger partial charge is 0.481 e. The molecule has 1 aliphatic rings. The van der Waals surface area contributed by atoms with Gasteiger partial charge >= 0.3 is 5.97 Å². The molecule has 0 unspecified atom stereocenters. The van der Waals surface area contributed by atoms with Crippen LogP contribution < -0.4 is 10.6 Å². The minimum Gasteiger partial charge on any atom is -0.481 e. The summed E-state index contributed by atoms with van der Waals surface area (Å²) in [5.41, 5.74) is -0.363. The quantitative estimate of drug-likeness (QED) is 0.662. The van der Waals surface area contributed by atoms with Crippen LogP contribution in [0.5, 0.6) is 0 Å². The zero-order valence-corrected chi connectivity index (χ0v) is 11.3. The molecule has 0 spiro atoms. The average Bonchev–Trinajstić information content (AvgIpc) is 2.26. The van der Waals surface area contributed by atoms with Crippen molar-refractivity contribution < 1.29 is 14.7 Å². The fourth-order valence-corrected chi connectivity index (χ4v) is 2.42. The number of hydrogen-bond donors (Lipinski definition) is 3. The van der Waals surface area contributed by atoms with Gasteiger partial charge in [0, 0.05) is 13.0 Å². The van der Waals surface area contributed by atoms with Crippen LogP contribution in [0.2, 0.25) is 0 Å². The SMILES string of the molecule is CC(C)CNC(=O)CC1(CC(=O)O)CCNCC1. The Morgan fingerprint density at radius 1 is 1.28 bits per heavy atom. The number of nitrogens with one attached hydrogen (secondary N) is 2. The van der Waals surface area contributed by atoms with Gasteiger partial charge in [-0.05, 0) is 37.3 Å². The van der Waals surface area contributed by atoms with Crippen molar-refractivity contribution in [3.63, 3.8) is 0 Å². The number of rotatable bonds is 6. The second kappa shape index (κ2) is 6.73. The highest BCUT2D eigenvalue weighted by atomic mass is 16.4. The number of carboxylic acid groups (broad SMARTS) is 1. The number of carbonyl (C=O) groups excluding carboxylic acids is 1. The van der Waals surface area contributed by atoms with Crippen LogP contribution in [0, 0.1) is 11.3 Å². The highest BCUT2D eigenvalue weighted by Gasteiger charge is 2.36. The highest BCUT2D eigenvalue weighted by Crippen LogP contribution is 2.36. The maximum Gasteiger partial charge on any atom is 0.303 e. The Labute approximate surface area is 108 Å². The van der Waals surface area contributed by atoms with Gasteiger partial charge in [0.25, 0.3) is 0 Å².